The van der Waals surface area contributed by atoms with Gasteiger partial charge < -0.3 is 10.4 Å². The molecular formula is C14H20INO2. The molecule has 4 heteroatoms. The molecule has 0 spiro atoms. The molecule has 1 aromatic rings. The van der Waals surface area contributed by atoms with Crippen molar-refractivity contribution in [1.82, 2.24) is 5.32 Å². The van der Waals surface area contributed by atoms with Crippen LogP contribution < -0.4 is 5.32 Å². The molecule has 0 unspecified atom stereocenters. The zero-order chi connectivity index (χ0) is 13.4. The highest BCUT2D eigenvalue weighted by molar-refractivity contribution is 14.1. The maximum atomic E-state index is 11.8. The van der Waals surface area contributed by atoms with Crippen molar-refractivity contribution in [2.24, 2.45) is 0 Å². The van der Waals surface area contributed by atoms with Crippen LogP contribution in [0.4, 0.5) is 0 Å². The second kappa shape index (κ2) is 8.34. The lowest BCUT2D eigenvalue weighted by atomic mass is 10.1. The summed E-state index contributed by atoms with van der Waals surface area (Å²) in [4.78, 5) is 11.8. The summed E-state index contributed by atoms with van der Waals surface area (Å²) in [5.74, 6) is -0.145. The van der Waals surface area contributed by atoms with E-state index < -0.39 is 0 Å². The number of benzene rings is 1. The number of phenolic OH excluding ortho intramolecular Hbond substituents is 1. The Kier molecular flexibility index (Phi) is 7.08. The zero-order valence-corrected chi connectivity index (χ0v) is 12.9. The highest BCUT2D eigenvalue weighted by Crippen LogP contribution is 2.17. The molecule has 0 aromatic heterocycles. The summed E-state index contributed by atoms with van der Waals surface area (Å²) in [5, 5.41) is 12.5. The molecule has 0 saturated carbocycles. The van der Waals surface area contributed by atoms with Gasteiger partial charge in [-0.3, -0.25) is 4.79 Å². The summed E-state index contributed by atoms with van der Waals surface area (Å²) < 4.78 is 1.20. The van der Waals surface area contributed by atoms with E-state index in [1.165, 1.54) is 17.3 Å². The lowest BCUT2D eigenvalue weighted by Gasteiger charge is -2.07. The number of aryl methyl sites for hydroxylation is 1. The monoisotopic (exact) mass is 361 g/mol. The Hall–Kier alpha value is -0.780. The first-order valence-corrected chi connectivity index (χ1v) is 7.81. The predicted octanol–water partition coefficient (Wildman–Crippen LogP) is 3.43. The molecule has 0 fully saturated rings. The van der Waals surface area contributed by atoms with Gasteiger partial charge in [0.1, 0.15) is 5.75 Å². The second-order valence-electron chi connectivity index (χ2n) is 4.38. The van der Waals surface area contributed by atoms with Gasteiger partial charge in [-0.15, -0.1) is 0 Å². The average molecular weight is 361 g/mol. The molecule has 0 aliphatic rings. The minimum Gasteiger partial charge on any atom is -0.507 e. The third-order valence-corrected chi connectivity index (χ3v) is 3.51. The van der Waals surface area contributed by atoms with Crippen molar-refractivity contribution in [2.75, 3.05) is 11.0 Å². The fourth-order valence-corrected chi connectivity index (χ4v) is 2.24. The number of carbonyl (C=O) groups excluding carboxylic acids is 1. The number of unbranched alkanes of at least 4 members (excludes halogenated alkanes) is 3. The van der Waals surface area contributed by atoms with Crippen LogP contribution in [-0.2, 0) is 0 Å². The minimum absolute atomic E-state index is 0.0445. The SMILES string of the molecule is Cc1ccc(O)c(C(=O)NCCCCCCI)c1. The molecular weight excluding hydrogens is 341 g/mol. The first-order valence-electron chi connectivity index (χ1n) is 6.29. The predicted molar refractivity (Wildman–Crippen MR) is 82.5 cm³/mol. The van der Waals surface area contributed by atoms with Crippen molar-refractivity contribution in [1.29, 1.82) is 0 Å². The number of nitrogens with one attached hydrogen (secondary N) is 1. The van der Waals surface area contributed by atoms with Gasteiger partial charge >= 0.3 is 0 Å². The third kappa shape index (κ3) is 5.25. The van der Waals surface area contributed by atoms with Gasteiger partial charge in [0.15, 0.2) is 0 Å². The van der Waals surface area contributed by atoms with E-state index in [1.807, 2.05) is 6.92 Å². The Balaban J connectivity index is 2.34. The molecule has 0 saturated heterocycles. The van der Waals surface area contributed by atoms with Crippen LogP contribution in [0.15, 0.2) is 18.2 Å². The van der Waals surface area contributed by atoms with E-state index >= 15 is 0 Å². The Labute approximate surface area is 122 Å². The van der Waals surface area contributed by atoms with Gasteiger partial charge in [0.05, 0.1) is 5.56 Å². The summed E-state index contributed by atoms with van der Waals surface area (Å²) in [6.45, 7) is 2.58. The molecule has 1 amide bonds. The number of hydrogen-bond acceptors (Lipinski definition) is 2. The van der Waals surface area contributed by atoms with Gasteiger partial charge in [0, 0.05) is 6.54 Å². The maximum absolute atomic E-state index is 11.8. The maximum Gasteiger partial charge on any atom is 0.255 e. The van der Waals surface area contributed by atoms with Crippen LogP contribution in [0.5, 0.6) is 5.75 Å². The van der Waals surface area contributed by atoms with E-state index in [0.29, 0.717) is 12.1 Å². The molecule has 3 nitrogen and oxygen atoms in total. The number of alkyl halides is 1. The van der Waals surface area contributed by atoms with E-state index in [2.05, 4.69) is 27.9 Å². The molecule has 0 atom stereocenters. The standard InChI is InChI=1S/C14H20INO2/c1-11-6-7-13(17)12(10-11)14(18)16-9-5-3-2-4-8-15/h6-7,10,17H,2-5,8-9H2,1H3,(H,16,18). The molecule has 18 heavy (non-hydrogen) atoms. The smallest absolute Gasteiger partial charge is 0.255 e. The molecule has 1 aromatic carbocycles. The van der Waals surface area contributed by atoms with Crippen LogP contribution >= 0.6 is 22.6 Å². The zero-order valence-electron chi connectivity index (χ0n) is 10.7. The quantitative estimate of drug-likeness (QED) is 0.444. The van der Waals surface area contributed by atoms with Crippen LogP contribution in [-0.4, -0.2) is 22.0 Å². The summed E-state index contributed by atoms with van der Waals surface area (Å²) in [6.07, 6.45) is 4.60. The highest BCUT2D eigenvalue weighted by atomic mass is 127. The first kappa shape index (κ1) is 15.3. The second-order valence-corrected chi connectivity index (χ2v) is 5.46. The van der Waals surface area contributed by atoms with Gasteiger partial charge in [0.25, 0.3) is 5.91 Å². The van der Waals surface area contributed by atoms with Gasteiger partial charge in [-0.05, 0) is 36.3 Å². The fraction of sp³-hybridized carbons (Fsp3) is 0.500. The van der Waals surface area contributed by atoms with Crippen molar-refractivity contribution in [3.63, 3.8) is 0 Å². The number of hydrogen-bond donors (Lipinski definition) is 2. The lowest BCUT2D eigenvalue weighted by Crippen LogP contribution is -2.24. The average Bonchev–Trinajstić information content (AvgIpc) is 2.36. The van der Waals surface area contributed by atoms with Crippen LogP contribution in [0.25, 0.3) is 0 Å². The molecule has 0 heterocycles. The van der Waals surface area contributed by atoms with Gasteiger partial charge in [-0.1, -0.05) is 47.1 Å². The van der Waals surface area contributed by atoms with Gasteiger partial charge in [-0.25, -0.2) is 0 Å². The highest BCUT2D eigenvalue weighted by Gasteiger charge is 2.10. The molecule has 0 aliphatic carbocycles. The third-order valence-electron chi connectivity index (χ3n) is 2.74. The van der Waals surface area contributed by atoms with Crippen molar-refractivity contribution in [3.8, 4) is 5.75 Å². The summed E-state index contributed by atoms with van der Waals surface area (Å²) in [5.41, 5.74) is 1.34. The van der Waals surface area contributed by atoms with E-state index in [4.69, 9.17) is 0 Å². The molecule has 2 N–H and O–H groups in total. The topological polar surface area (TPSA) is 49.3 Å². The summed E-state index contributed by atoms with van der Waals surface area (Å²) >= 11 is 2.38. The fourth-order valence-electron chi connectivity index (χ4n) is 1.70. The van der Waals surface area contributed by atoms with Crippen molar-refractivity contribution in [3.05, 3.63) is 29.3 Å². The summed E-state index contributed by atoms with van der Waals surface area (Å²) in [7, 11) is 0. The Morgan fingerprint density at radius 3 is 2.72 bits per heavy atom. The van der Waals surface area contributed by atoms with Crippen LogP contribution in [0, 0.1) is 6.92 Å². The van der Waals surface area contributed by atoms with Crippen LogP contribution in [0.3, 0.4) is 0 Å². The van der Waals surface area contributed by atoms with Crippen molar-refractivity contribution in [2.45, 2.75) is 32.6 Å². The Morgan fingerprint density at radius 2 is 2.00 bits per heavy atom. The number of rotatable bonds is 7. The van der Waals surface area contributed by atoms with Crippen molar-refractivity contribution < 1.29 is 9.90 Å². The largest absolute Gasteiger partial charge is 0.507 e. The number of amides is 1. The van der Waals surface area contributed by atoms with Crippen LogP contribution in [0.2, 0.25) is 0 Å². The van der Waals surface area contributed by atoms with Gasteiger partial charge in [-0.2, -0.15) is 0 Å². The lowest BCUT2D eigenvalue weighted by molar-refractivity contribution is 0.0950. The van der Waals surface area contributed by atoms with Crippen molar-refractivity contribution >= 4 is 28.5 Å². The number of halogens is 1. The summed E-state index contributed by atoms with van der Waals surface area (Å²) in [6, 6.07) is 5.06. The van der Waals surface area contributed by atoms with E-state index in [9.17, 15) is 9.90 Å². The molecule has 0 radical (unpaired) electrons. The minimum atomic E-state index is -0.190. The molecule has 100 valence electrons. The van der Waals surface area contributed by atoms with E-state index in [1.54, 1.807) is 18.2 Å². The molecule has 0 bridgehead atoms. The van der Waals surface area contributed by atoms with E-state index in [-0.39, 0.29) is 11.7 Å². The number of phenols is 1. The Morgan fingerprint density at radius 1 is 1.28 bits per heavy atom. The van der Waals surface area contributed by atoms with Crippen LogP contribution in [0.1, 0.15) is 41.6 Å². The van der Waals surface area contributed by atoms with Gasteiger partial charge in [0.2, 0.25) is 0 Å². The normalized spacial score (nSPS) is 10.3. The first-order chi connectivity index (χ1) is 8.65. The number of aromatic hydroxyl groups is 1. The molecule has 1 rings (SSSR count). The number of carbonyl (C=O) groups is 1. The van der Waals surface area contributed by atoms with E-state index in [0.717, 1.165) is 18.4 Å². The molecule has 0 aliphatic heterocycles. The Bertz CT molecular complexity index is 393.